The molecule has 0 amide bonds. The Kier molecular flexibility index (Phi) is 3.07. The number of fused-ring (bicyclic) bond motifs is 3. The quantitative estimate of drug-likeness (QED) is 0.521. The van der Waals surface area contributed by atoms with Gasteiger partial charge >= 0.3 is 0 Å². The number of hydrogen-bond donors (Lipinski definition) is 0. The van der Waals surface area contributed by atoms with E-state index < -0.39 is 0 Å². The van der Waals surface area contributed by atoms with Crippen LogP contribution in [-0.4, -0.2) is 0 Å². The van der Waals surface area contributed by atoms with Gasteiger partial charge in [0.1, 0.15) is 11.2 Å². The van der Waals surface area contributed by atoms with Gasteiger partial charge in [0.05, 0.1) is 0 Å². The second-order valence-corrected chi connectivity index (χ2v) is 6.96. The van der Waals surface area contributed by atoms with Crippen LogP contribution in [-0.2, 0) is 0 Å². The fourth-order valence-corrected chi connectivity index (χ4v) is 3.91. The monoisotopic (exact) mass is 328 g/mol. The molecule has 2 aromatic carbocycles. The highest BCUT2D eigenvalue weighted by Crippen LogP contribution is 2.40. The van der Waals surface area contributed by atoms with Crippen LogP contribution < -0.4 is 0 Å². The smallest absolute Gasteiger partial charge is 0.135 e. The van der Waals surface area contributed by atoms with Crippen LogP contribution in [0.4, 0.5) is 0 Å². The summed E-state index contributed by atoms with van der Waals surface area (Å²) >= 11 is 3.87. The van der Waals surface area contributed by atoms with Gasteiger partial charge in [-0.15, -0.1) is 0 Å². The van der Waals surface area contributed by atoms with E-state index in [1.54, 1.807) is 0 Å². The highest BCUT2D eigenvalue weighted by Gasteiger charge is 2.22. The van der Waals surface area contributed by atoms with E-state index in [1.165, 1.54) is 42.0 Å². The minimum atomic E-state index is 0.464. The van der Waals surface area contributed by atoms with Gasteiger partial charge < -0.3 is 4.42 Å². The van der Waals surface area contributed by atoms with Crippen LogP contribution in [0, 0.1) is 5.92 Å². The van der Waals surface area contributed by atoms with Crippen LogP contribution in [0.3, 0.4) is 0 Å². The Morgan fingerprint density at radius 1 is 1.05 bits per heavy atom. The average molecular weight is 329 g/mol. The van der Waals surface area contributed by atoms with Crippen LogP contribution in [0.2, 0.25) is 0 Å². The van der Waals surface area contributed by atoms with Gasteiger partial charge in [-0.25, -0.2) is 0 Å². The van der Waals surface area contributed by atoms with Crippen LogP contribution in [0.1, 0.15) is 36.1 Å². The molecule has 0 radical (unpaired) electrons. The van der Waals surface area contributed by atoms with Crippen molar-refractivity contribution in [2.75, 3.05) is 0 Å². The maximum absolute atomic E-state index is 5.89. The second kappa shape index (κ2) is 4.92. The lowest BCUT2D eigenvalue weighted by Gasteiger charge is -2.27. The summed E-state index contributed by atoms with van der Waals surface area (Å²) in [6.07, 6.45) is 5.47. The number of rotatable bonds is 3. The van der Waals surface area contributed by atoms with Crippen LogP contribution in [0.5, 0.6) is 0 Å². The fraction of sp³-hybridized carbons (Fsp3) is 0.333. The van der Waals surface area contributed by atoms with Gasteiger partial charge in [0, 0.05) is 15.6 Å². The molecular weight excluding hydrogens is 312 g/mol. The Bertz CT molecular complexity index is 754. The Morgan fingerprint density at radius 3 is 2.65 bits per heavy atom. The van der Waals surface area contributed by atoms with E-state index in [0.29, 0.717) is 4.83 Å². The van der Waals surface area contributed by atoms with Gasteiger partial charge in [-0.1, -0.05) is 59.5 Å². The van der Waals surface area contributed by atoms with Gasteiger partial charge in [-0.3, -0.25) is 0 Å². The molecule has 0 bridgehead atoms. The summed E-state index contributed by atoms with van der Waals surface area (Å²) in [5.41, 5.74) is 3.33. The molecule has 1 heterocycles. The number of alkyl halides is 1. The fourth-order valence-electron chi connectivity index (χ4n) is 3.10. The topological polar surface area (TPSA) is 13.1 Å². The Morgan fingerprint density at radius 2 is 1.85 bits per heavy atom. The Labute approximate surface area is 127 Å². The Hall–Kier alpha value is -1.28. The van der Waals surface area contributed by atoms with Crippen molar-refractivity contribution < 1.29 is 4.42 Å². The summed E-state index contributed by atoms with van der Waals surface area (Å²) in [7, 11) is 0. The summed E-state index contributed by atoms with van der Waals surface area (Å²) in [5, 5.41) is 2.45. The van der Waals surface area contributed by atoms with Crippen molar-refractivity contribution in [3.05, 3.63) is 48.0 Å². The summed E-state index contributed by atoms with van der Waals surface area (Å²) in [6, 6.07) is 14.9. The van der Waals surface area contributed by atoms with Crippen molar-refractivity contribution in [2.45, 2.75) is 30.5 Å². The van der Waals surface area contributed by atoms with Gasteiger partial charge in [0.15, 0.2) is 0 Å². The number of halogens is 1. The van der Waals surface area contributed by atoms with E-state index in [1.807, 2.05) is 12.1 Å². The SMILES string of the molecule is BrC(CC1CCC1)c1ccc2oc3ccccc3c2c1. The molecule has 3 aromatic rings. The lowest BCUT2D eigenvalue weighted by atomic mass is 9.81. The molecule has 102 valence electrons. The molecule has 1 saturated carbocycles. The van der Waals surface area contributed by atoms with E-state index in [2.05, 4.69) is 46.3 Å². The molecule has 0 N–H and O–H groups in total. The molecule has 1 aliphatic carbocycles. The lowest BCUT2D eigenvalue weighted by Crippen LogP contribution is -2.12. The Balaban J connectivity index is 1.74. The van der Waals surface area contributed by atoms with E-state index in [-0.39, 0.29) is 0 Å². The minimum absolute atomic E-state index is 0.464. The molecular formula is C18H17BrO. The standard InChI is InChI=1S/C18H17BrO/c19-16(10-12-4-3-5-12)13-8-9-18-15(11-13)14-6-1-2-7-17(14)20-18/h1-2,6-9,11-12,16H,3-5,10H2. The maximum atomic E-state index is 5.89. The predicted molar refractivity (Wildman–Crippen MR) is 87.3 cm³/mol. The van der Waals surface area contributed by atoms with E-state index in [4.69, 9.17) is 4.42 Å². The highest BCUT2D eigenvalue weighted by molar-refractivity contribution is 9.09. The van der Waals surface area contributed by atoms with Crippen molar-refractivity contribution in [3.8, 4) is 0 Å². The minimum Gasteiger partial charge on any atom is -0.456 e. The second-order valence-electron chi connectivity index (χ2n) is 5.85. The van der Waals surface area contributed by atoms with Gasteiger partial charge in [0.25, 0.3) is 0 Å². The zero-order valence-corrected chi connectivity index (χ0v) is 12.9. The van der Waals surface area contributed by atoms with Crippen LogP contribution in [0.15, 0.2) is 46.9 Å². The third kappa shape index (κ3) is 2.07. The van der Waals surface area contributed by atoms with Gasteiger partial charge in [0.2, 0.25) is 0 Å². The summed E-state index contributed by atoms with van der Waals surface area (Å²) < 4.78 is 5.89. The molecule has 1 nitrogen and oxygen atoms in total. The van der Waals surface area contributed by atoms with Crippen molar-refractivity contribution in [3.63, 3.8) is 0 Å². The molecule has 20 heavy (non-hydrogen) atoms. The predicted octanol–water partition coefficient (Wildman–Crippen LogP) is 6.21. The zero-order chi connectivity index (χ0) is 13.5. The molecule has 2 heteroatoms. The van der Waals surface area contributed by atoms with Gasteiger partial charge in [-0.05, 0) is 36.1 Å². The molecule has 1 atom stereocenters. The van der Waals surface area contributed by atoms with Gasteiger partial charge in [-0.2, -0.15) is 0 Å². The normalized spacial score (nSPS) is 17.4. The molecule has 0 spiro atoms. The average Bonchev–Trinajstić information content (AvgIpc) is 2.80. The molecule has 1 aromatic heterocycles. The first kappa shape index (κ1) is 12.5. The highest BCUT2D eigenvalue weighted by atomic mass is 79.9. The number of benzene rings is 2. The van der Waals surface area contributed by atoms with E-state index >= 15 is 0 Å². The zero-order valence-electron chi connectivity index (χ0n) is 11.3. The van der Waals surface area contributed by atoms with Crippen molar-refractivity contribution in [1.82, 2.24) is 0 Å². The molecule has 0 aliphatic heterocycles. The first-order valence-electron chi connectivity index (χ1n) is 7.36. The molecule has 0 saturated heterocycles. The third-order valence-corrected chi connectivity index (χ3v) is 5.43. The van der Waals surface area contributed by atoms with Crippen molar-refractivity contribution >= 4 is 37.9 Å². The summed E-state index contributed by atoms with van der Waals surface area (Å²) in [6.45, 7) is 0. The van der Waals surface area contributed by atoms with E-state index in [9.17, 15) is 0 Å². The summed E-state index contributed by atoms with van der Waals surface area (Å²) in [4.78, 5) is 0.464. The van der Waals surface area contributed by atoms with E-state index in [0.717, 1.165) is 17.1 Å². The van der Waals surface area contributed by atoms with Crippen LogP contribution >= 0.6 is 15.9 Å². The third-order valence-electron chi connectivity index (χ3n) is 4.53. The number of para-hydroxylation sites is 1. The van der Waals surface area contributed by atoms with Crippen LogP contribution in [0.25, 0.3) is 21.9 Å². The van der Waals surface area contributed by atoms with Crippen molar-refractivity contribution in [2.24, 2.45) is 5.92 Å². The number of hydrogen-bond acceptors (Lipinski definition) is 1. The first-order chi connectivity index (χ1) is 9.81. The molecule has 1 fully saturated rings. The molecule has 4 rings (SSSR count). The number of furan rings is 1. The largest absolute Gasteiger partial charge is 0.456 e. The molecule has 1 aliphatic rings. The maximum Gasteiger partial charge on any atom is 0.135 e. The lowest BCUT2D eigenvalue weighted by molar-refractivity contribution is 0.295. The first-order valence-corrected chi connectivity index (χ1v) is 8.28. The molecule has 1 unspecified atom stereocenters. The summed E-state index contributed by atoms with van der Waals surface area (Å²) in [5.74, 6) is 0.913. The van der Waals surface area contributed by atoms with Crippen molar-refractivity contribution in [1.29, 1.82) is 0 Å².